The molecule has 8 heteroatoms. The minimum Gasteiger partial charge on any atom is -0.497 e. The number of carbonyl (C=O) groups is 1. The Morgan fingerprint density at radius 3 is 2.69 bits per heavy atom. The van der Waals surface area contributed by atoms with Crippen LogP contribution in [0.4, 0.5) is 11.6 Å². The molecule has 0 atom stereocenters. The van der Waals surface area contributed by atoms with Gasteiger partial charge in [-0.3, -0.25) is 9.36 Å². The number of ether oxygens (including phenoxy) is 1. The van der Waals surface area contributed by atoms with E-state index >= 15 is 0 Å². The van der Waals surface area contributed by atoms with Crippen molar-refractivity contribution < 1.29 is 9.53 Å². The van der Waals surface area contributed by atoms with Gasteiger partial charge in [-0.05, 0) is 66.6 Å². The van der Waals surface area contributed by atoms with E-state index in [1.54, 1.807) is 25.7 Å². The van der Waals surface area contributed by atoms with Crippen molar-refractivity contribution in [3.63, 3.8) is 0 Å². The monoisotopic (exact) mass is 464 g/mol. The Labute approximate surface area is 202 Å². The summed E-state index contributed by atoms with van der Waals surface area (Å²) < 4.78 is 7.09. The van der Waals surface area contributed by atoms with Gasteiger partial charge in [0.05, 0.1) is 18.1 Å². The van der Waals surface area contributed by atoms with Crippen LogP contribution in [-0.4, -0.2) is 39.1 Å². The van der Waals surface area contributed by atoms with E-state index in [1.165, 1.54) is 0 Å². The standard InChI is InChI=1S/C27H24N6O2/c1-35-22-11-9-21(10-12-22)31-26(34)20-6-4-5-19(17-20)13-15-28-27-29-16-14-25(32-27)33-18-30-23-7-2-3-8-24(23)33/h2-12,14,16-18H,13,15H2,1H3,(H,31,34)(H,28,29,32). The van der Waals surface area contributed by atoms with Gasteiger partial charge < -0.3 is 15.4 Å². The fraction of sp³-hybridized carbons (Fsp3) is 0.111. The number of amides is 1. The number of methoxy groups -OCH3 is 1. The van der Waals surface area contributed by atoms with Crippen molar-refractivity contribution in [3.8, 4) is 11.6 Å². The Kier molecular flexibility index (Phi) is 6.34. The van der Waals surface area contributed by atoms with Gasteiger partial charge in [-0.25, -0.2) is 9.97 Å². The molecular weight excluding hydrogens is 440 g/mol. The second-order valence-corrected chi connectivity index (χ2v) is 7.90. The van der Waals surface area contributed by atoms with Crippen molar-refractivity contribution in [3.05, 3.63) is 103 Å². The SMILES string of the molecule is COc1ccc(NC(=O)c2cccc(CCNc3nccc(-n4cnc5ccccc54)n3)c2)cc1. The molecule has 2 N–H and O–H groups in total. The predicted octanol–water partition coefficient (Wildman–Crippen LogP) is 4.73. The van der Waals surface area contributed by atoms with Crippen LogP contribution in [0.1, 0.15) is 15.9 Å². The van der Waals surface area contributed by atoms with Crippen LogP contribution in [0.5, 0.6) is 5.75 Å². The minimum absolute atomic E-state index is 0.159. The smallest absolute Gasteiger partial charge is 0.255 e. The summed E-state index contributed by atoms with van der Waals surface area (Å²) in [6.07, 6.45) is 4.20. The first-order valence-corrected chi connectivity index (χ1v) is 11.2. The van der Waals surface area contributed by atoms with Gasteiger partial charge in [-0.1, -0.05) is 24.3 Å². The second-order valence-electron chi connectivity index (χ2n) is 7.90. The molecule has 5 rings (SSSR count). The highest BCUT2D eigenvalue weighted by molar-refractivity contribution is 6.04. The average molecular weight is 465 g/mol. The zero-order valence-corrected chi connectivity index (χ0v) is 19.2. The molecule has 0 saturated heterocycles. The van der Waals surface area contributed by atoms with E-state index in [0.29, 0.717) is 30.2 Å². The Morgan fingerprint density at radius 2 is 1.83 bits per heavy atom. The van der Waals surface area contributed by atoms with Crippen LogP contribution in [0.15, 0.2) is 91.4 Å². The zero-order valence-electron chi connectivity index (χ0n) is 19.2. The van der Waals surface area contributed by atoms with Crippen LogP contribution < -0.4 is 15.4 Å². The number of aromatic nitrogens is 4. The molecule has 0 radical (unpaired) electrons. The van der Waals surface area contributed by atoms with E-state index < -0.39 is 0 Å². The predicted molar refractivity (Wildman–Crippen MR) is 136 cm³/mol. The number of anilines is 2. The summed E-state index contributed by atoms with van der Waals surface area (Å²) in [5.74, 6) is 1.86. The molecular formula is C27H24N6O2. The molecule has 35 heavy (non-hydrogen) atoms. The lowest BCUT2D eigenvalue weighted by Gasteiger charge is -2.09. The summed E-state index contributed by atoms with van der Waals surface area (Å²) in [4.78, 5) is 26.1. The third-order valence-electron chi connectivity index (χ3n) is 5.58. The molecule has 0 unspecified atom stereocenters. The second kappa shape index (κ2) is 10.0. The van der Waals surface area contributed by atoms with E-state index in [2.05, 4.69) is 25.6 Å². The number of fused-ring (bicyclic) bond motifs is 1. The highest BCUT2D eigenvalue weighted by atomic mass is 16.5. The van der Waals surface area contributed by atoms with Crippen molar-refractivity contribution >= 4 is 28.6 Å². The lowest BCUT2D eigenvalue weighted by atomic mass is 10.1. The van der Waals surface area contributed by atoms with Gasteiger partial charge in [0.2, 0.25) is 5.95 Å². The molecule has 3 aromatic carbocycles. The van der Waals surface area contributed by atoms with Crippen LogP contribution in [0.2, 0.25) is 0 Å². The zero-order chi connectivity index (χ0) is 24.0. The maximum atomic E-state index is 12.7. The number of carbonyl (C=O) groups excluding carboxylic acids is 1. The van der Waals surface area contributed by atoms with Crippen LogP contribution >= 0.6 is 0 Å². The molecule has 174 valence electrons. The summed E-state index contributed by atoms with van der Waals surface area (Å²) >= 11 is 0. The number of hydrogen-bond acceptors (Lipinski definition) is 6. The molecule has 2 aromatic heterocycles. The first-order valence-electron chi connectivity index (χ1n) is 11.2. The van der Waals surface area contributed by atoms with Gasteiger partial charge in [0.1, 0.15) is 17.9 Å². The normalized spacial score (nSPS) is 10.8. The van der Waals surface area contributed by atoms with Crippen LogP contribution in [0, 0.1) is 0 Å². The average Bonchev–Trinajstić information content (AvgIpc) is 3.34. The molecule has 0 fully saturated rings. The molecule has 0 bridgehead atoms. The lowest BCUT2D eigenvalue weighted by Crippen LogP contribution is -2.13. The summed E-state index contributed by atoms with van der Waals surface area (Å²) in [6.45, 7) is 0.623. The highest BCUT2D eigenvalue weighted by Gasteiger charge is 2.09. The van der Waals surface area contributed by atoms with E-state index in [1.807, 2.05) is 77.4 Å². The Morgan fingerprint density at radius 1 is 0.971 bits per heavy atom. The molecule has 8 nitrogen and oxygen atoms in total. The summed E-state index contributed by atoms with van der Waals surface area (Å²) in [6, 6.07) is 24.6. The van der Waals surface area contributed by atoms with Gasteiger partial charge in [0.25, 0.3) is 5.91 Å². The first kappa shape index (κ1) is 22.1. The van der Waals surface area contributed by atoms with E-state index in [9.17, 15) is 4.79 Å². The van der Waals surface area contributed by atoms with Crippen LogP contribution in [0.3, 0.4) is 0 Å². The van der Waals surface area contributed by atoms with Crippen molar-refractivity contribution in [2.45, 2.75) is 6.42 Å². The highest BCUT2D eigenvalue weighted by Crippen LogP contribution is 2.18. The number of hydrogen-bond donors (Lipinski definition) is 2. The third kappa shape index (κ3) is 5.11. The number of nitrogens with zero attached hydrogens (tertiary/aromatic N) is 4. The van der Waals surface area contributed by atoms with Gasteiger partial charge in [-0.15, -0.1) is 0 Å². The molecule has 0 aliphatic rings. The molecule has 0 spiro atoms. The minimum atomic E-state index is -0.159. The lowest BCUT2D eigenvalue weighted by molar-refractivity contribution is 0.102. The topological polar surface area (TPSA) is 94.0 Å². The maximum Gasteiger partial charge on any atom is 0.255 e. The fourth-order valence-electron chi connectivity index (χ4n) is 3.77. The fourth-order valence-corrected chi connectivity index (χ4v) is 3.77. The van der Waals surface area contributed by atoms with Gasteiger partial charge >= 0.3 is 0 Å². The quantitative estimate of drug-likeness (QED) is 0.345. The number of nitrogens with one attached hydrogen (secondary N) is 2. The Bertz CT molecular complexity index is 1460. The van der Waals surface area contributed by atoms with E-state index in [0.717, 1.165) is 28.2 Å². The Balaban J connectivity index is 1.21. The van der Waals surface area contributed by atoms with Crippen molar-refractivity contribution in [1.29, 1.82) is 0 Å². The number of imidazole rings is 1. The van der Waals surface area contributed by atoms with Crippen molar-refractivity contribution in [1.82, 2.24) is 19.5 Å². The molecule has 1 amide bonds. The van der Waals surface area contributed by atoms with Crippen molar-refractivity contribution in [2.24, 2.45) is 0 Å². The van der Waals surface area contributed by atoms with Crippen molar-refractivity contribution in [2.75, 3.05) is 24.3 Å². The Hall–Kier alpha value is -4.72. The maximum absolute atomic E-state index is 12.7. The molecule has 5 aromatic rings. The molecule has 2 heterocycles. The molecule has 0 aliphatic heterocycles. The number of benzene rings is 3. The van der Waals surface area contributed by atoms with Crippen LogP contribution in [0.25, 0.3) is 16.9 Å². The van der Waals surface area contributed by atoms with Gasteiger partial charge in [-0.2, -0.15) is 4.98 Å². The van der Waals surface area contributed by atoms with E-state index in [4.69, 9.17) is 4.74 Å². The number of para-hydroxylation sites is 2. The third-order valence-corrected chi connectivity index (χ3v) is 5.58. The summed E-state index contributed by atoms with van der Waals surface area (Å²) in [7, 11) is 1.61. The van der Waals surface area contributed by atoms with Crippen LogP contribution in [-0.2, 0) is 6.42 Å². The largest absolute Gasteiger partial charge is 0.497 e. The van der Waals surface area contributed by atoms with E-state index in [-0.39, 0.29) is 5.91 Å². The number of rotatable bonds is 8. The summed E-state index contributed by atoms with van der Waals surface area (Å²) in [5, 5.41) is 6.19. The first-order chi connectivity index (χ1) is 17.2. The summed E-state index contributed by atoms with van der Waals surface area (Å²) in [5.41, 5.74) is 4.25. The molecule has 0 saturated carbocycles. The van der Waals surface area contributed by atoms with Gasteiger partial charge in [0.15, 0.2) is 0 Å². The van der Waals surface area contributed by atoms with Gasteiger partial charge in [0, 0.05) is 24.0 Å². The molecule has 0 aliphatic carbocycles.